The minimum absolute atomic E-state index is 0.000791. The van der Waals surface area contributed by atoms with Gasteiger partial charge in [0.15, 0.2) is 5.96 Å². The van der Waals surface area contributed by atoms with Crippen LogP contribution in [0.4, 0.5) is 5.69 Å². The van der Waals surface area contributed by atoms with Gasteiger partial charge in [-0.2, -0.15) is 0 Å². The Bertz CT molecular complexity index is 690. The van der Waals surface area contributed by atoms with E-state index in [9.17, 15) is 0 Å². The van der Waals surface area contributed by atoms with Gasteiger partial charge in [0.1, 0.15) is 0 Å². The molecule has 2 aromatic carbocycles. The van der Waals surface area contributed by atoms with Crippen LogP contribution in [0.1, 0.15) is 18.1 Å². The highest BCUT2D eigenvalue weighted by Crippen LogP contribution is 2.19. The number of nitrogens with one attached hydrogen (secondary N) is 2. The zero-order valence-corrected chi connectivity index (χ0v) is 15.6. The lowest BCUT2D eigenvalue weighted by atomic mass is 10.1. The number of ether oxygens (including phenoxy) is 1. The molecule has 1 aliphatic heterocycles. The van der Waals surface area contributed by atoms with E-state index in [0.29, 0.717) is 12.6 Å². The third-order valence-electron chi connectivity index (χ3n) is 4.78. The maximum absolute atomic E-state index is 5.62. The van der Waals surface area contributed by atoms with Crippen LogP contribution >= 0.6 is 0 Å². The molecule has 0 saturated carbocycles. The van der Waals surface area contributed by atoms with E-state index in [2.05, 4.69) is 63.0 Å². The molecule has 3 rings (SSSR count). The maximum atomic E-state index is 5.62. The maximum Gasteiger partial charge on any atom is 0.191 e. The lowest BCUT2D eigenvalue weighted by Crippen LogP contribution is -2.45. The summed E-state index contributed by atoms with van der Waals surface area (Å²) in [5.41, 5.74) is 2.44. The molecule has 2 unspecified atom stereocenters. The summed E-state index contributed by atoms with van der Waals surface area (Å²) in [6.45, 7) is 2.72. The topological polar surface area (TPSA) is 48.9 Å². The fourth-order valence-electron chi connectivity index (χ4n) is 3.33. The van der Waals surface area contributed by atoms with E-state index in [0.717, 1.165) is 31.0 Å². The van der Waals surface area contributed by atoms with Crippen molar-refractivity contribution >= 4 is 11.6 Å². The van der Waals surface area contributed by atoms with Crippen molar-refractivity contribution in [1.82, 2.24) is 10.6 Å². The quantitative estimate of drug-likeness (QED) is 0.620. The molecule has 0 aliphatic carbocycles. The van der Waals surface area contributed by atoms with Gasteiger partial charge in [0.25, 0.3) is 0 Å². The van der Waals surface area contributed by atoms with Crippen LogP contribution in [0.5, 0.6) is 0 Å². The minimum Gasteiger partial charge on any atom is -0.375 e. The van der Waals surface area contributed by atoms with Crippen LogP contribution in [0.2, 0.25) is 0 Å². The summed E-state index contributed by atoms with van der Waals surface area (Å²) in [4.78, 5) is 6.78. The van der Waals surface area contributed by atoms with Crippen molar-refractivity contribution in [3.05, 3.63) is 66.2 Å². The number of hydrogen-bond donors (Lipinski definition) is 2. The van der Waals surface area contributed by atoms with E-state index < -0.39 is 0 Å². The Morgan fingerprint density at radius 2 is 1.85 bits per heavy atom. The van der Waals surface area contributed by atoms with Crippen LogP contribution in [0.25, 0.3) is 0 Å². The van der Waals surface area contributed by atoms with Crippen LogP contribution in [0, 0.1) is 0 Å². The second kappa shape index (κ2) is 9.25. The van der Waals surface area contributed by atoms with E-state index in [1.165, 1.54) is 5.69 Å². The molecule has 0 aromatic heterocycles. The molecule has 0 bridgehead atoms. The second-order valence-electron chi connectivity index (χ2n) is 6.50. The molecule has 2 aromatic rings. The predicted octanol–water partition coefficient (Wildman–Crippen LogP) is 2.82. The van der Waals surface area contributed by atoms with Gasteiger partial charge in [-0.05, 0) is 24.1 Å². The summed E-state index contributed by atoms with van der Waals surface area (Å²) >= 11 is 0. The molecule has 5 heteroatoms. The highest BCUT2D eigenvalue weighted by molar-refractivity contribution is 5.80. The third-order valence-corrected chi connectivity index (χ3v) is 4.78. The Kier molecular flexibility index (Phi) is 6.50. The number of rotatable bonds is 6. The highest BCUT2D eigenvalue weighted by Gasteiger charge is 2.23. The van der Waals surface area contributed by atoms with Gasteiger partial charge < -0.3 is 20.3 Å². The number of anilines is 1. The molecular formula is C21H28N4O. The van der Waals surface area contributed by atoms with E-state index in [1.54, 1.807) is 7.11 Å². The summed E-state index contributed by atoms with van der Waals surface area (Å²) in [6, 6.07) is 21.2. The van der Waals surface area contributed by atoms with Gasteiger partial charge in [0, 0.05) is 45.5 Å². The van der Waals surface area contributed by atoms with Crippen molar-refractivity contribution in [2.75, 3.05) is 38.7 Å². The van der Waals surface area contributed by atoms with Crippen LogP contribution in [0.15, 0.2) is 65.7 Å². The van der Waals surface area contributed by atoms with Crippen LogP contribution < -0.4 is 15.5 Å². The van der Waals surface area contributed by atoms with Crippen LogP contribution in [-0.2, 0) is 4.74 Å². The number of nitrogens with zero attached hydrogens (tertiary/aromatic N) is 2. The number of hydrogen-bond acceptors (Lipinski definition) is 3. The Balaban J connectivity index is 1.51. The molecule has 1 heterocycles. The second-order valence-corrected chi connectivity index (χ2v) is 6.50. The molecule has 0 amide bonds. The molecule has 2 N–H and O–H groups in total. The van der Waals surface area contributed by atoms with E-state index in [-0.39, 0.29) is 6.10 Å². The van der Waals surface area contributed by atoms with Gasteiger partial charge in [-0.15, -0.1) is 0 Å². The number of benzene rings is 2. The molecule has 1 saturated heterocycles. The summed E-state index contributed by atoms with van der Waals surface area (Å²) < 4.78 is 5.62. The van der Waals surface area contributed by atoms with Crippen LogP contribution in [-0.4, -0.2) is 45.8 Å². The largest absolute Gasteiger partial charge is 0.375 e. The van der Waals surface area contributed by atoms with Crippen molar-refractivity contribution in [2.24, 2.45) is 4.99 Å². The summed E-state index contributed by atoms with van der Waals surface area (Å²) in [5.74, 6) is 0.822. The molecule has 2 atom stereocenters. The smallest absolute Gasteiger partial charge is 0.191 e. The standard InChI is InChI=1S/C21H28N4O/c1-22-21(23-15-20(26-2)17-9-5-3-6-10-17)24-18-13-14-25(16-18)19-11-7-4-8-12-19/h3-12,18,20H,13-16H2,1-2H3,(H2,22,23,24). The third kappa shape index (κ3) is 4.76. The first-order valence-corrected chi connectivity index (χ1v) is 9.15. The summed E-state index contributed by atoms with van der Waals surface area (Å²) in [5, 5.41) is 6.93. The Morgan fingerprint density at radius 1 is 1.15 bits per heavy atom. The van der Waals surface area contributed by atoms with Gasteiger partial charge in [-0.1, -0.05) is 48.5 Å². The van der Waals surface area contributed by atoms with Crippen molar-refractivity contribution in [3.8, 4) is 0 Å². The van der Waals surface area contributed by atoms with Crippen molar-refractivity contribution in [1.29, 1.82) is 0 Å². The zero-order chi connectivity index (χ0) is 18.2. The molecule has 0 spiro atoms. The average molecular weight is 352 g/mol. The van der Waals surface area contributed by atoms with Gasteiger partial charge in [0.2, 0.25) is 0 Å². The molecule has 5 nitrogen and oxygen atoms in total. The summed E-state index contributed by atoms with van der Waals surface area (Å²) in [7, 11) is 3.55. The Morgan fingerprint density at radius 3 is 2.50 bits per heavy atom. The first-order chi connectivity index (χ1) is 12.8. The van der Waals surface area contributed by atoms with E-state index >= 15 is 0 Å². The number of guanidine groups is 1. The van der Waals surface area contributed by atoms with Crippen LogP contribution in [0.3, 0.4) is 0 Å². The predicted molar refractivity (Wildman–Crippen MR) is 108 cm³/mol. The zero-order valence-electron chi connectivity index (χ0n) is 15.6. The number of para-hydroxylation sites is 1. The molecule has 0 radical (unpaired) electrons. The number of methoxy groups -OCH3 is 1. The van der Waals surface area contributed by atoms with Gasteiger partial charge in [0.05, 0.1) is 6.10 Å². The molecule has 1 fully saturated rings. The Labute approximate surface area is 156 Å². The first-order valence-electron chi connectivity index (χ1n) is 9.15. The van der Waals surface area contributed by atoms with Crippen molar-refractivity contribution in [3.63, 3.8) is 0 Å². The molecular weight excluding hydrogens is 324 g/mol. The SMILES string of the molecule is CN=C(NCC(OC)c1ccccc1)NC1CCN(c2ccccc2)C1. The summed E-state index contributed by atoms with van der Waals surface area (Å²) in [6.07, 6.45) is 1.10. The van der Waals surface area contributed by atoms with E-state index in [1.807, 2.05) is 25.2 Å². The van der Waals surface area contributed by atoms with Gasteiger partial charge in [-0.3, -0.25) is 4.99 Å². The lowest BCUT2D eigenvalue weighted by Gasteiger charge is -2.22. The highest BCUT2D eigenvalue weighted by atomic mass is 16.5. The molecule has 138 valence electrons. The monoisotopic (exact) mass is 352 g/mol. The van der Waals surface area contributed by atoms with Crippen molar-refractivity contribution < 1.29 is 4.74 Å². The Hall–Kier alpha value is -2.53. The average Bonchev–Trinajstić information content (AvgIpc) is 3.17. The molecule has 26 heavy (non-hydrogen) atoms. The fourth-order valence-corrected chi connectivity index (χ4v) is 3.33. The van der Waals surface area contributed by atoms with Gasteiger partial charge >= 0.3 is 0 Å². The van der Waals surface area contributed by atoms with Gasteiger partial charge in [-0.25, -0.2) is 0 Å². The van der Waals surface area contributed by atoms with Crippen molar-refractivity contribution in [2.45, 2.75) is 18.6 Å². The number of aliphatic imine (C=N–C) groups is 1. The first kappa shape index (κ1) is 18.3. The lowest BCUT2D eigenvalue weighted by molar-refractivity contribution is 0.106. The molecule has 1 aliphatic rings. The van der Waals surface area contributed by atoms with E-state index in [4.69, 9.17) is 4.74 Å². The minimum atomic E-state index is -0.000791. The normalized spacial score (nSPS) is 18.6. The fraction of sp³-hybridized carbons (Fsp3) is 0.381.